The van der Waals surface area contributed by atoms with Crippen LogP contribution in [0.1, 0.15) is 12.0 Å². The third-order valence-electron chi connectivity index (χ3n) is 2.68. The van der Waals surface area contributed by atoms with Crippen molar-refractivity contribution in [2.45, 2.75) is 12.8 Å². The van der Waals surface area contributed by atoms with E-state index in [1.165, 1.54) is 7.11 Å². The molecule has 110 valence electrons. The molecule has 0 fully saturated rings. The molecule has 0 aliphatic carbocycles. The molecule has 1 aromatic rings. The van der Waals surface area contributed by atoms with Gasteiger partial charge in [-0.15, -0.1) is 0 Å². The highest BCUT2D eigenvalue weighted by Crippen LogP contribution is 2.12. The monoisotopic (exact) mass is 280 g/mol. The second-order valence-electron chi connectivity index (χ2n) is 4.11. The molecular weight excluding hydrogens is 260 g/mol. The zero-order chi connectivity index (χ0) is 14.8. The fourth-order valence-corrected chi connectivity index (χ4v) is 1.59. The van der Waals surface area contributed by atoms with Crippen LogP contribution in [-0.2, 0) is 16.0 Å². The Balaban J connectivity index is 2.19. The van der Waals surface area contributed by atoms with Gasteiger partial charge in [-0.05, 0) is 24.1 Å². The molecule has 2 amide bonds. The highest BCUT2D eigenvalue weighted by Gasteiger charge is 2.03. The highest BCUT2D eigenvalue weighted by atomic mass is 16.5. The number of hydrogen-bond donors (Lipinski definition) is 2. The van der Waals surface area contributed by atoms with Gasteiger partial charge in [0.05, 0.1) is 20.6 Å². The van der Waals surface area contributed by atoms with Crippen LogP contribution in [0.15, 0.2) is 24.3 Å². The van der Waals surface area contributed by atoms with Crippen molar-refractivity contribution in [1.82, 2.24) is 10.6 Å². The Labute approximate surface area is 118 Å². The van der Waals surface area contributed by atoms with Crippen LogP contribution in [0.5, 0.6) is 5.75 Å². The number of amides is 2. The molecule has 0 saturated carbocycles. The van der Waals surface area contributed by atoms with E-state index in [0.717, 1.165) is 11.3 Å². The zero-order valence-corrected chi connectivity index (χ0v) is 11.8. The van der Waals surface area contributed by atoms with E-state index in [1.54, 1.807) is 7.11 Å². The van der Waals surface area contributed by atoms with Gasteiger partial charge in [-0.2, -0.15) is 0 Å². The van der Waals surface area contributed by atoms with Gasteiger partial charge in [-0.3, -0.25) is 4.79 Å². The molecule has 1 aromatic carbocycles. The summed E-state index contributed by atoms with van der Waals surface area (Å²) in [5.41, 5.74) is 1.08. The molecule has 2 N–H and O–H groups in total. The van der Waals surface area contributed by atoms with E-state index in [9.17, 15) is 9.59 Å². The summed E-state index contributed by atoms with van der Waals surface area (Å²) in [5, 5.41) is 5.30. The first-order valence-corrected chi connectivity index (χ1v) is 6.37. The molecule has 0 saturated heterocycles. The fraction of sp³-hybridized carbons (Fsp3) is 0.429. The first-order valence-electron chi connectivity index (χ1n) is 6.37. The maximum Gasteiger partial charge on any atom is 0.314 e. The van der Waals surface area contributed by atoms with Crippen molar-refractivity contribution in [3.05, 3.63) is 29.8 Å². The summed E-state index contributed by atoms with van der Waals surface area (Å²) in [4.78, 5) is 22.3. The maximum absolute atomic E-state index is 11.4. The summed E-state index contributed by atoms with van der Waals surface area (Å²) in [6.45, 7) is 0.773. The maximum atomic E-state index is 11.4. The molecule has 0 spiro atoms. The van der Waals surface area contributed by atoms with E-state index in [-0.39, 0.29) is 25.0 Å². The molecule has 20 heavy (non-hydrogen) atoms. The van der Waals surface area contributed by atoms with Crippen LogP contribution < -0.4 is 15.4 Å². The van der Waals surface area contributed by atoms with Crippen molar-refractivity contribution in [3.8, 4) is 5.75 Å². The topological polar surface area (TPSA) is 76.7 Å². The Bertz CT molecular complexity index is 449. The number of ether oxygens (including phenoxy) is 2. The lowest BCUT2D eigenvalue weighted by Gasteiger charge is -2.08. The summed E-state index contributed by atoms with van der Waals surface area (Å²) in [6, 6.07) is 7.38. The van der Waals surface area contributed by atoms with Crippen LogP contribution >= 0.6 is 0 Å². The van der Waals surface area contributed by atoms with Gasteiger partial charge in [0.1, 0.15) is 5.75 Å². The minimum Gasteiger partial charge on any atom is -0.497 e. The second-order valence-corrected chi connectivity index (χ2v) is 4.11. The Hall–Kier alpha value is -2.24. The van der Waals surface area contributed by atoms with E-state index in [2.05, 4.69) is 15.4 Å². The fourth-order valence-electron chi connectivity index (χ4n) is 1.59. The Morgan fingerprint density at radius 1 is 1.15 bits per heavy atom. The van der Waals surface area contributed by atoms with Gasteiger partial charge in [0.2, 0.25) is 0 Å². The van der Waals surface area contributed by atoms with Crippen LogP contribution in [0.25, 0.3) is 0 Å². The Morgan fingerprint density at radius 2 is 1.90 bits per heavy atom. The zero-order valence-electron chi connectivity index (χ0n) is 11.8. The van der Waals surface area contributed by atoms with E-state index in [0.29, 0.717) is 13.0 Å². The largest absolute Gasteiger partial charge is 0.497 e. The third kappa shape index (κ3) is 6.08. The van der Waals surface area contributed by atoms with E-state index in [1.807, 2.05) is 24.3 Å². The highest BCUT2D eigenvalue weighted by molar-refractivity contribution is 5.75. The number of rotatable bonds is 7. The van der Waals surface area contributed by atoms with E-state index >= 15 is 0 Å². The van der Waals surface area contributed by atoms with Crippen molar-refractivity contribution in [2.75, 3.05) is 27.3 Å². The van der Waals surface area contributed by atoms with Crippen molar-refractivity contribution < 1.29 is 19.1 Å². The number of methoxy groups -OCH3 is 2. The summed E-state index contributed by atoms with van der Waals surface area (Å²) in [7, 11) is 2.93. The number of carbonyl (C=O) groups excluding carboxylic acids is 2. The molecule has 0 unspecified atom stereocenters. The second kappa shape index (κ2) is 8.79. The van der Waals surface area contributed by atoms with Crippen LogP contribution in [-0.4, -0.2) is 39.3 Å². The van der Waals surface area contributed by atoms with Crippen molar-refractivity contribution in [3.63, 3.8) is 0 Å². The van der Waals surface area contributed by atoms with Gasteiger partial charge in [-0.25, -0.2) is 4.79 Å². The van der Waals surface area contributed by atoms with Gasteiger partial charge in [0, 0.05) is 13.1 Å². The number of hydrogen-bond acceptors (Lipinski definition) is 4. The molecule has 0 atom stereocenters. The average molecular weight is 280 g/mol. The molecule has 6 nitrogen and oxygen atoms in total. The predicted octanol–water partition coefficient (Wildman–Crippen LogP) is 1.10. The van der Waals surface area contributed by atoms with Crippen LogP contribution in [0.2, 0.25) is 0 Å². The summed E-state index contributed by atoms with van der Waals surface area (Å²) >= 11 is 0. The summed E-state index contributed by atoms with van der Waals surface area (Å²) in [6.07, 6.45) is 0.876. The third-order valence-corrected chi connectivity index (χ3v) is 2.68. The normalized spacial score (nSPS) is 9.70. The summed E-state index contributed by atoms with van der Waals surface area (Å²) in [5.74, 6) is 0.451. The van der Waals surface area contributed by atoms with Crippen LogP contribution in [0.4, 0.5) is 4.79 Å². The van der Waals surface area contributed by atoms with E-state index < -0.39 is 0 Å². The first kappa shape index (κ1) is 15.8. The number of esters is 1. The van der Waals surface area contributed by atoms with E-state index in [4.69, 9.17) is 4.74 Å². The van der Waals surface area contributed by atoms with Crippen LogP contribution in [0.3, 0.4) is 0 Å². The predicted molar refractivity (Wildman–Crippen MR) is 74.7 cm³/mol. The van der Waals surface area contributed by atoms with Crippen molar-refractivity contribution >= 4 is 12.0 Å². The molecule has 6 heteroatoms. The standard InChI is InChI=1S/C14H20N2O4/c1-19-12-5-3-4-11(10-12)6-8-15-14(18)16-9-7-13(17)20-2/h3-5,10H,6-9H2,1-2H3,(H2,15,16,18). The lowest BCUT2D eigenvalue weighted by Crippen LogP contribution is -2.37. The van der Waals surface area contributed by atoms with Gasteiger partial charge < -0.3 is 20.1 Å². The van der Waals surface area contributed by atoms with Gasteiger partial charge in [0.15, 0.2) is 0 Å². The Morgan fingerprint density at radius 3 is 2.60 bits per heavy atom. The van der Waals surface area contributed by atoms with Gasteiger partial charge in [-0.1, -0.05) is 12.1 Å². The number of benzene rings is 1. The van der Waals surface area contributed by atoms with Crippen LogP contribution in [0, 0.1) is 0 Å². The van der Waals surface area contributed by atoms with Gasteiger partial charge >= 0.3 is 12.0 Å². The smallest absolute Gasteiger partial charge is 0.314 e. The quantitative estimate of drug-likeness (QED) is 0.733. The molecule has 1 rings (SSSR count). The SMILES string of the molecule is COC(=O)CCNC(=O)NCCc1cccc(OC)c1. The molecule has 0 aliphatic rings. The molecular formula is C14H20N2O4. The average Bonchev–Trinajstić information content (AvgIpc) is 2.47. The van der Waals surface area contributed by atoms with Crippen molar-refractivity contribution in [1.29, 1.82) is 0 Å². The molecule has 0 aliphatic heterocycles. The first-order chi connectivity index (χ1) is 9.65. The number of urea groups is 1. The molecule has 0 radical (unpaired) electrons. The summed E-state index contributed by atoms with van der Waals surface area (Å²) < 4.78 is 9.60. The minimum absolute atomic E-state index is 0.166. The number of carbonyl (C=O) groups is 2. The molecule has 0 heterocycles. The van der Waals surface area contributed by atoms with Gasteiger partial charge in [0.25, 0.3) is 0 Å². The lowest BCUT2D eigenvalue weighted by molar-refractivity contribution is -0.140. The molecule has 0 bridgehead atoms. The number of nitrogens with one attached hydrogen (secondary N) is 2. The minimum atomic E-state index is -0.346. The molecule has 0 aromatic heterocycles. The Kier molecular flexibility index (Phi) is 6.95. The van der Waals surface area contributed by atoms with Crippen molar-refractivity contribution in [2.24, 2.45) is 0 Å². The lowest BCUT2D eigenvalue weighted by atomic mass is 10.1.